The van der Waals surface area contributed by atoms with Crippen LogP contribution in [0, 0.1) is 0 Å². The van der Waals surface area contributed by atoms with Gasteiger partial charge in [-0.05, 0) is 34.8 Å². The van der Waals surface area contributed by atoms with E-state index in [0.717, 1.165) is 27.8 Å². The van der Waals surface area contributed by atoms with Gasteiger partial charge in [0.15, 0.2) is 14.1 Å². The minimum Gasteiger partial charge on any atom is -0.413 e. The highest BCUT2D eigenvalue weighted by Crippen LogP contribution is 2.40. The van der Waals surface area contributed by atoms with Crippen LogP contribution in [-0.4, -0.2) is 14.1 Å². The summed E-state index contributed by atoms with van der Waals surface area (Å²) in [6, 6.07) is 13.9. The first-order valence-corrected chi connectivity index (χ1v) is 11.0. The van der Waals surface area contributed by atoms with E-state index in [1.807, 2.05) is 42.5 Å². The number of benzene rings is 2. The molecule has 0 radical (unpaired) electrons. The van der Waals surface area contributed by atoms with Gasteiger partial charge >= 0.3 is 0 Å². The number of carbonyl (C=O) groups excluding carboxylic acids is 1. The van der Waals surface area contributed by atoms with Crippen molar-refractivity contribution in [1.29, 1.82) is 0 Å². The molecule has 3 rings (SSSR count). The molecule has 0 aliphatic heterocycles. The summed E-state index contributed by atoms with van der Waals surface area (Å²) >= 11 is 0. The highest BCUT2D eigenvalue weighted by atomic mass is 28.4. The van der Waals surface area contributed by atoms with Gasteiger partial charge in [0.1, 0.15) is 0 Å². The van der Waals surface area contributed by atoms with Crippen LogP contribution in [0.25, 0.3) is 11.1 Å². The van der Waals surface area contributed by atoms with Gasteiger partial charge in [0.25, 0.3) is 0 Å². The maximum absolute atomic E-state index is 12.8. The third kappa shape index (κ3) is 2.68. The summed E-state index contributed by atoms with van der Waals surface area (Å²) < 4.78 is 6.34. The maximum Gasteiger partial charge on any atom is 0.194 e. The zero-order chi connectivity index (χ0) is 16.8. The van der Waals surface area contributed by atoms with Gasteiger partial charge in [-0.2, -0.15) is 0 Å². The molecule has 0 saturated carbocycles. The van der Waals surface area contributed by atoms with Crippen LogP contribution in [0.15, 0.2) is 42.5 Å². The van der Waals surface area contributed by atoms with Crippen molar-refractivity contribution in [2.45, 2.75) is 45.5 Å². The van der Waals surface area contributed by atoms with E-state index in [4.69, 9.17) is 4.43 Å². The van der Waals surface area contributed by atoms with Gasteiger partial charge < -0.3 is 4.43 Å². The number of fused-ring (bicyclic) bond motifs is 3. The molecule has 0 atom stereocenters. The first-order chi connectivity index (χ1) is 10.7. The van der Waals surface area contributed by atoms with Crippen molar-refractivity contribution < 1.29 is 9.22 Å². The second-order valence-electron chi connectivity index (χ2n) is 7.76. The molecule has 2 aromatic carbocycles. The Bertz CT molecular complexity index is 769. The summed E-state index contributed by atoms with van der Waals surface area (Å²) in [7, 11) is -1.83. The summed E-state index contributed by atoms with van der Waals surface area (Å²) in [6.45, 7) is 11.7. The molecule has 1 aliphatic rings. The fourth-order valence-electron chi connectivity index (χ4n) is 2.74. The van der Waals surface area contributed by atoms with Crippen molar-refractivity contribution in [3.05, 3.63) is 59.2 Å². The van der Waals surface area contributed by atoms with Crippen molar-refractivity contribution in [2.75, 3.05) is 0 Å². The molecule has 0 amide bonds. The van der Waals surface area contributed by atoms with Gasteiger partial charge in [-0.3, -0.25) is 4.79 Å². The molecule has 2 aromatic rings. The number of rotatable bonds is 3. The van der Waals surface area contributed by atoms with Crippen molar-refractivity contribution in [1.82, 2.24) is 0 Å². The fraction of sp³-hybridized carbons (Fsp3) is 0.350. The molecule has 0 unspecified atom stereocenters. The Morgan fingerprint density at radius 2 is 1.52 bits per heavy atom. The number of ketones is 1. The quantitative estimate of drug-likeness (QED) is 0.601. The second-order valence-corrected chi connectivity index (χ2v) is 12.6. The molecule has 23 heavy (non-hydrogen) atoms. The third-order valence-electron chi connectivity index (χ3n) is 5.23. The molecule has 0 aromatic heterocycles. The number of carbonyl (C=O) groups is 1. The average molecular weight is 324 g/mol. The first kappa shape index (κ1) is 16.2. The minimum absolute atomic E-state index is 0.130. The van der Waals surface area contributed by atoms with Crippen molar-refractivity contribution in [3.8, 4) is 11.1 Å². The molecule has 1 aliphatic carbocycles. The van der Waals surface area contributed by atoms with E-state index in [0.29, 0.717) is 6.61 Å². The van der Waals surface area contributed by atoms with Gasteiger partial charge in [0, 0.05) is 11.1 Å². The van der Waals surface area contributed by atoms with Gasteiger partial charge in [0.2, 0.25) is 0 Å². The van der Waals surface area contributed by atoms with Crippen LogP contribution in [0.3, 0.4) is 0 Å². The van der Waals surface area contributed by atoms with E-state index in [2.05, 4.69) is 33.9 Å². The van der Waals surface area contributed by atoms with E-state index in [1.54, 1.807) is 0 Å². The van der Waals surface area contributed by atoms with Crippen LogP contribution >= 0.6 is 0 Å². The summed E-state index contributed by atoms with van der Waals surface area (Å²) in [5.41, 5.74) is 4.73. The molecule has 0 spiro atoms. The Morgan fingerprint density at radius 3 is 2.17 bits per heavy atom. The molecule has 0 heterocycles. The van der Waals surface area contributed by atoms with E-state index in [9.17, 15) is 4.79 Å². The highest BCUT2D eigenvalue weighted by molar-refractivity contribution is 6.74. The van der Waals surface area contributed by atoms with Crippen molar-refractivity contribution >= 4 is 14.1 Å². The normalized spacial score (nSPS) is 13.9. The lowest BCUT2D eigenvalue weighted by molar-refractivity contribution is 0.104. The largest absolute Gasteiger partial charge is 0.413 e. The van der Waals surface area contributed by atoms with Crippen LogP contribution in [0.4, 0.5) is 0 Å². The summed E-state index contributed by atoms with van der Waals surface area (Å²) in [4.78, 5) is 12.8. The van der Waals surface area contributed by atoms with Crippen molar-refractivity contribution in [3.63, 3.8) is 0 Å². The van der Waals surface area contributed by atoms with Gasteiger partial charge in [-0.1, -0.05) is 63.2 Å². The number of hydrogen-bond acceptors (Lipinski definition) is 2. The lowest BCUT2D eigenvalue weighted by Crippen LogP contribution is -2.40. The molecule has 3 heteroatoms. The summed E-state index contributed by atoms with van der Waals surface area (Å²) in [5, 5.41) is 0.165. The Morgan fingerprint density at radius 1 is 0.913 bits per heavy atom. The monoisotopic (exact) mass is 324 g/mol. The van der Waals surface area contributed by atoms with E-state index >= 15 is 0 Å². The average Bonchev–Trinajstić information content (AvgIpc) is 2.79. The fourth-order valence-corrected chi connectivity index (χ4v) is 3.69. The molecular formula is C20H24O2Si. The van der Waals surface area contributed by atoms with E-state index < -0.39 is 8.32 Å². The van der Waals surface area contributed by atoms with E-state index in [1.165, 1.54) is 0 Å². The second kappa shape index (κ2) is 5.43. The standard InChI is InChI=1S/C20H24O2Si/c1-20(2,3)23(4,5)22-13-14-9-8-12-16-15-10-6-7-11-17(15)19(21)18(14)16/h6-12H,13H2,1-5H3. The van der Waals surface area contributed by atoms with Crippen LogP contribution in [0.2, 0.25) is 18.1 Å². The zero-order valence-corrected chi connectivity index (χ0v) is 15.6. The Hall–Kier alpha value is -1.71. The highest BCUT2D eigenvalue weighted by Gasteiger charge is 2.37. The molecule has 0 N–H and O–H groups in total. The van der Waals surface area contributed by atoms with Crippen LogP contribution in [-0.2, 0) is 11.0 Å². The Kier molecular flexibility index (Phi) is 3.81. The molecule has 120 valence electrons. The molecule has 0 saturated heterocycles. The predicted molar refractivity (Wildman–Crippen MR) is 97.3 cm³/mol. The Labute approximate surface area is 139 Å². The van der Waals surface area contributed by atoms with Crippen molar-refractivity contribution in [2.24, 2.45) is 0 Å². The smallest absolute Gasteiger partial charge is 0.194 e. The van der Waals surface area contributed by atoms with Crippen LogP contribution in [0.5, 0.6) is 0 Å². The van der Waals surface area contributed by atoms with Gasteiger partial charge in [-0.25, -0.2) is 0 Å². The lowest BCUT2D eigenvalue weighted by Gasteiger charge is -2.36. The Balaban J connectivity index is 1.95. The maximum atomic E-state index is 12.8. The molecule has 2 nitrogen and oxygen atoms in total. The van der Waals surface area contributed by atoms with Crippen LogP contribution in [0.1, 0.15) is 42.3 Å². The predicted octanol–water partition coefficient (Wildman–Crippen LogP) is 5.42. The molecular weight excluding hydrogens is 300 g/mol. The summed E-state index contributed by atoms with van der Waals surface area (Å²) in [5.74, 6) is 0.130. The molecule has 0 fully saturated rings. The topological polar surface area (TPSA) is 26.3 Å². The summed E-state index contributed by atoms with van der Waals surface area (Å²) in [6.07, 6.45) is 0. The zero-order valence-electron chi connectivity index (χ0n) is 14.6. The van der Waals surface area contributed by atoms with Gasteiger partial charge in [0.05, 0.1) is 6.61 Å². The SMILES string of the molecule is CC(C)(C)[Si](C)(C)OCc1cccc2c1C(=O)c1ccccc1-2. The van der Waals surface area contributed by atoms with Gasteiger partial charge in [-0.15, -0.1) is 0 Å². The van der Waals surface area contributed by atoms with Crippen LogP contribution < -0.4 is 0 Å². The minimum atomic E-state index is -1.83. The number of hydrogen-bond donors (Lipinski definition) is 0. The first-order valence-electron chi connectivity index (χ1n) is 8.12. The lowest BCUT2D eigenvalue weighted by atomic mass is 10.0. The molecule has 0 bridgehead atoms. The third-order valence-corrected chi connectivity index (χ3v) is 9.71. The van der Waals surface area contributed by atoms with E-state index in [-0.39, 0.29) is 10.8 Å².